The van der Waals surface area contributed by atoms with Gasteiger partial charge in [0, 0.05) is 35.3 Å². The molecule has 1 N–H and O–H groups in total. The van der Waals surface area contributed by atoms with Crippen LogP contribution in [-0.4, -0.2) is 42.2 Å². The molecule has 3 rings (SSSR count). The maximum absolute atomic E-state index is 10.7. The molecule has 1 atom stereocenters. The van der Waals surface area contributed by atoms with Crippen LogP contribution in [0.15, 0.2) is 53.4 Å². The van der Waals surface area contributed by atoms with Crippen LogP contribution in [0.1, 0.15) is 23.7 Å². The number of nitrogens with zero attached hydrogens (tertiary/aromatic N) is 1. The predicted molar refractivity (Wildman–Crippen MR) is 112 cm³/mol. The van der Waals surface area contributed by atoms with E-state index in [1.165, 1.54) is 4.90 Å². The summed E-state index contributed by atoms with van der Waals surface area (Å²) in [5, 5.41) is 9.64. The smallest absolute Gasteiger partial charge is 0.304 e. The molecule has 0 aromatic heterocycles. The van der Waals surface area contributed by atoms with E-state index in [0.29, 0.717) is 13.2 Å². The van der Waals surface area contributed by atoms with Gasteiger partial charge < -0.3 is 9.84 Å². The molecule has 1 saturated heterocycles. The summed E-state index contributed by atoms with van der Waals surface area (Å²) < 4.78 is 5.87. The summed E-state index contributed by atoms with van der Waals surface area (Å²) >= 11 is 7.96. The van der Waals surface area contributed by atoms with Gasteiger partial charge in [-0.15, -0.1) is 24.2 Å². The van der Waals surface area contributed by atoms with Crippen LogP contribution in [0.4, 0.5) is 0 Å². The molecule has 0 saturated carbocycles. The van der Waals surface area contributed by atoms with Crippen LogP contribution < -0.4 is 0 Å². The molecule has 27 heavy (non-hydrogen) atoms. The third-order valence-corrected chi connectivity index (χ3v) is 5.83. The Labute approximate surface area is 175 Å². The summed E-state index contributed by atoms with van der Waals surface area (Å²) in [6, 6.07) is 16.3. The van der Waals surface area contributed by atoms with E-state index >= 15 is 0 Å². The minimum Gasteiger partial charge on any atom is -0.481 e. The molecule has 1 fully saturated rings. The van der Waals surface area contributed by atoms with Gasteiger partial charge in [-0.2, -0.15) is 0 Å². The molecule has 2 aromatic rings. The standard InChI is InChI=1S/C20H22ClNO3S.ClH/c21-18-4-2-1-3-16(18)14-26-17-7-5-15(6-8-17)19-13-22(11-12-25-19)10-9-20(23)24;/h1-8,19H,9-14H2,(H,23,24);1H. The highest BCUT2D eigenvalue weighted by Crippen LogP contribution is 2.29. The Kier molecular flexibility index (Phi) is 8.93. The van der Waals surface area contributed by atoms with Crippen molar-refractivity contribution in [1.29, 1.82) is 0 Å². The van der Waals surface area contributed by atoms with E-state index in [-0.39, 0.29) is 24.9 Å². The van der Waals surface area contributed by atoms with Crippen LogP contribution in [0.25, 0.3) is 0 Å². The number of carboxylic acids is 1. The Morgan fingerprint density at radius 1 is 1.22 bits per heavy atom. The number of ether oxygens (including phenoxy) is 1. The number of aliphatic carboxylic acids is 1. The first-order valence-electron chi connectivity index (χ1n) is 8.64. The fraction of sp³-hybridized carbons (Fsp3) is 0.350. The van der Waals surface area contributed by atoms with Gasteiger partial charge in [-0.3, -0.25) is 9.69 Å². The number of carboxylic acid groups (broad SMARTS) is 1. The molecule has 1 aliphatic heterocycles. The van der Waals surface area contributed by atoms with Gasteiger partial charge in [-0.1, -0.05) is 41.9 Å². The SMILES string of the molecule is Cl.O=C(O)CCN1CCOC(c2ccc(SCc3ccccc3Cl)cc2)C1. The number of hydrogen-bond donors (Lipinski definition) is 1. The zero-order valence-corrected chi connectivity index (χ0v) is 17.2. The third-order valence-electron chi connectivity index (χ3n) is 4.40. The minimum absolute atomic E-state index is 0. The lowest BCUT2D eigenvalue weighted by molar-refractivity contribution is -0.137. The predicted octanol–water partition coefficient (Wildman–Crippen LogP) is 4.90. The Morgan fingerprint density at radius 2 is 1.96 bits per heavy atom. The van der Waals surface area contributed by atoms with Gasteiger partial charge in [0.15, 0.2) is 0 Å². The van der Waals surface area contributed by atoms with Crippen molar-refractivity contribution in [2.24, 2.45) is 0 Å². The molecule has 0 spiro atoms. The molecule has 7 heteroatoms. The van der Waals surface area contributed by atoms with Crippen molar-refractivity contribution in [3.05, 3.63) is 64.7 Å². The van der Waals surface area contributed by atoms with Crippen LogP contribution in [0.5, 0.6) is 0 Å². The van der Waals surface area contributed by atoms with Gasteiger partial charge in [0.05, 0.1) is 19.1 Å². The van der Waals surface area contributed by atoms with E-state index < -0.39 is 5.97 Å². The normalized spacial score (nSPS) is 17.3. The molecular formula is C20H23Cl2NO3S. The Bertz CT molecular complexity index is 742. The zero-order valence-electron chi connectivity index (χ0n) is 14.8. The first kappa shape index (κ1) is 22.1. The van der Waals surface area contributed by atoms with Crippen LogP contribution in [0, 0.1) is 0 Å². The van der Waals surface area contributed by atoms with Crippen molar-refractivity contribution >= 4 is 41.7 Å². The third kappa shape index (κ3) is 6.70. The number of carbonyl (C=O) groups is 1. The van der Waals surface area contributed by atoms with E-state index in [0.717, 1.165) is 35.0 Å². The second kappa shape index (κ2) is 10.9. The van der Waals surface area contributed by atoms with Gasteiger partial charge in [0.25, 0.3) is 0 Å². The summed E-state index contributed by atoms with van der Waals surface area (Å²) in [5.41, 5.74) is 2.26. The van der Waals surface area contributed by atoms with Crippen molar-refractivity contribution in [2.45, 2.75) is 23.2 Å². The maximum Gasteiger partial charge on any atom is 0.304 e. The fourth-order valence-corrected chi connectivity index (χ4v) is 4.10. The summed E-state index contributed by atoms with van der Waals surface area (Å²) in [7, 11) is 0. The molecule has 146 valence electrons. The van der Waals surface area contributed by atoms with Gasteiger partial charge in [-0.25, -0.2) is 0 Å². The highest BCUT2D eigenvalue weighted by Gasteiger charge is 2.22. The molecule has 0 amide bonds. The topological polar surface area (TPSA) is 49.8 Å². The van der Waals surface area contributed by atoms with Gasteiger partial charge in [0.1, 0.15) is 0 Å². The first-order chi connectivity index (χ1) is 12.6. The van der Waals surface area contributed by atoms with Crippen molar-refractivity contribution in [3.63, 3.8) is 0 Å². The van der Waals surface area contributed by atoms with Crippen LogP contribution in [0.2, 0.25) is 5.02 Å². The zero-order chi connectivity index (χ0) is 18.4. The number of rotatable bonds is 7. The summed E-state index contributed by atoms with van der Waals surface area (Å²) in [4.78, 5) is 14.1. The van der Waals surface area contributed by atoms with Gasteiger partial charge in [-0.05, 0) is 29.3 Å². The molecule has 0 radical (unpaired) electrons. The van der Waals surface area contributed by atoms with Gasteiger partial charge >= 0.3 is 5.97 Å². The highest BCUT2D eigenvalue weighted by atomic mass is 35.5. The molecule has 4 nitrogen and oxygen atoms in total. The summed E-state index contributed by atoms with van der Waals surface area (Å²) in [6.07, 6.45) is 0.171. The molecule has 1 heterocycles. The van der Waals surface area contributed by atoms with Crippen LogP contribution in [0.3, 0.4) is 0 Å². The van der Waals surface area contributed by atoms with Crippen molar-refractivity contribution in [1.82, 2.24) is 4.90 Å². The quantitative estimate of drug-likeness (QED) is 0.636. The second-order valence-corrected chi connectivity index (χ2v) is 7.71. The average Bonchev–Trinajstić information content (AvgIpc) is 2.66. The Balaban J connectivity index is 0.00000261. The summed E-state index contributed by atoms with van der Waals surface area (Å²) in [5.74, 6) is 0.0787. The molecule has 1 aliphatic rings. The monoisotopic (exact) mass is 427 g/mol. The van der Waals surface area contributed by atoms with Crippen molar-refractivity contribution in [3.8, 4) is 0 Å². The number of halogens is 2. The molecular weight excluding hydrogens is 405 g/mol. The van der Waals surface area contributed by atoms with Gasteiger partial charge in [0.2, 0.25) is 0 Å². The van der Waals surface area contributed by atoms with E-state index in [1.807, 2.05) is 24.3 Å². The van der Waals surface area contributed by atoms with E-state index in [4.69, 9.17) is 21.4 Å². The highest BCUT2D eigenvalue weighted by molar-refractivity contribution is 7.98. The van der Waals surface area contributed by atoms with E-state index in [1.54, 1.807) is 11.8 Å². The number of morpholine rings is 1. The van der Waals surface area contributed by atoms with Crippen molar-refractivity contribution < 1.29 is 14.6 Å². The lowest BCUT2D eigenvalue weighted by atomic mass is 10.1. The molecule has 1 unspecified atom stereocenters. The van der Waals surface area contributed by atoms with E-state index in [9.17, 15) is 4.79 Å². The molecule has 0 bridgehead atoms. The number of hydrogen-bond acceptors (Lipinski definition) is 4. The first-order valence-corrected chi connectivity index (χ1v) is 10.00. The largest absolute Gasteiger partial charge is 0.481 e. The minimum atomic E-state index is -0.757. The Hall–Kier alpha value is -1.24. The lowest BCUT2D eigenvalue weighted by Crippen LogP contribution is -2.39. The summed E-state index contributed by atoms with van der Waals surface area (Å²) in [6.45, 7) is 2.73. The number of thioether (sulfide) groups is 1. The second-order valence-electron chi connectivity index (χ2n) is 6.25. The number of benzene rings is 2. The maximum atomic E-state index is 10.7. The van der Waals surface area contributed by atoms with Crippen LogP contribution >= 0.6 is 35.8 Å². The fourth-order valence-electron chi connectivity index (χ4n) is 2.92. The lowest BCUT2D eigenvalue weighted by Gasteiger charge is -2.32. The van der Waals surface area contributed by atoms with E-state index in [2.05, 4.69) is 29.2 Å². The van der Waals surface area contributed by atoms with Crippen LogP contribution in [-0.2, 0) is 15.3 Å². The molecule has 2 aromatic carbocycles. The van der Waals surface area contributed by atoms with Crippen molar-refractivity contribution in [2.75, 3.05) is 26.2 Å². The average molecular weight is 428 g/mol. The Morgan fingerprint density at radius 3 is 2.67 bits per heavy atom. The molecule has 0 aliphatic carbocycles.